The lowest BCUT2D eigenvalue weighted by atomic mass is 9.86. The number of benzene rings is 2. The van der Waals surface area contributed by atoms with E-state index in [2.05, 4.69) is 102 Å². The molecule has 0 fully saturated rings. The van der Waals surface area contributed by atoms with Crippen LogP contribution in [0.1, 0.15) is 57.1 Å². The summed E-state index contributed by atoms with van der Waals surface area (Å²) >= 11 is 0. The van der Waals surface area contributed by atoms with Crippen LogP contribution >= 0.6 is 0 Å². The molecule has 2 aromatic carbocycles. The average Bonchev–Trinajstić information content (AvgIpc) is 3.05. The van der Waals surface area contributed by atoms with Crippen LogP contribution in [0, 0.1) is 6.92 Å². The fourth-order valence-electron chi connectivity index (χ4n) is 3.61. The van der Waals surface area contributed by atoms with E-state index in [1.54, 1.807) is 0 Å². The number of aromatic nitrogens is 1. The molecule has 0 unspecified atom stereocenters. The SMILES string of the molecule is CC(=Nc1ccccc1C)c1ccc(C(C)=Nc2ccccc2C(C)(C)C)n1C. The van der Waals surface area contributed by atoms with E-state index in [4.69, 9.17) is 9.98 Å². The Hall–Kier alpha value is -2.94. The van der Waals surface area contributed by atoms with Crippen LogP contribution < -0.4 is 0 Å². The normalized spacial score (nSPS) is 13.1. The number of nitrogens with zero attached hydrogens (tertiary/aromatic N) is 3. The number of para-hydroxylation sites is 2. The highest BCUT2D eigenvalue weighted by Crippen LogP contribution is 2.31. The van der Waals surface area contributed by atoms with Crippen molar-refractivity contribution in [1.82, 2.24) is 4.57 Å². The van der Waals surface area contributed by atoms with E-state index in [0.29, 0.717) is 0 Å². The third-order valence-corrected chi connectivity index (χ3v) is 5.27. The summed E-state index contributed by atoms with van der Waals surface area (Å²) in [5.74, 6) is 0. The van der Waals surface area contributed by atoms with Crippen LogP contribution in [0.3, 0.4) is 0 Å². The second kappa shape index (κ2) is 8.20. The fraction of sp³-hybridized carbons (Fsp3) is 0.308. The molecule has 3 nitrogen and oxygen atoms in total. The van der Waals surface area contributed by atoms with Crippen LogP contribution in [0.5, 0.6) is 0 Å². The van der Waals surface area contributed by atoms with Gasteiger partial charge in [-0.05, 0) is 61.6 Å². The van der Waals surface area contributed by atoms with Crippen LogP contribution in [-0.2, 0) is 12.5 Å². The van der Waals surface area contributed by atoms with Crippen molar-refractivity contribution in [2.24, 2.45) is 17.0 Å². The Bertz CT molecular complexity index is 1080. The molecule has 1 aromatic heterocycles. The van der Waals surface area contributed by atoms with E-state index in [1.807, 2.05) is 12.1 Å². The number of aliphatic imine (C=N–C) groups is 2. The molecule has 0 amide bonds. The smallest absolute Gasteiger partial charge is 0.0671 e. The largest absolute Gasteiger partial charge is 0.342 e. The monoisotopic (exact) mass is 385 g/mol. The van der Waals surface area contributed by atoms with Gasteiger partial charge in [0.15, 0.2) is 0 Å². The molecule has 1 heterocycles. The zero-order valence-electron chi connectivity index (χ0n) is 18.6. The van der Waals surface area contributed by atoms with Crippen molar-refractivity contribution < 1.29 is 0 Å². The molecule has 0 saturated carbocycles. The lowest BCUT2D eigenvalue weighted by Gasteiger charge is -2.21. The second-order valence-electron chi connectivity index (χ2n) is 8.61. The van der Waals surface area contributed by atoms with Gasteiger partial charge in [0.05, 0.1) is 34.2 Å². The molecule has 0 atom stereocenters. The van der Waals surface area contributed by atoms with Crippen LogP contribution in [0.15, 0.2) is 70.6 Å². The standard InChI is InChI=1S/C26H31N3/c1-18-12-8-10-14-22(18)27-19(2)24-16-17-25(29(24)7)20(3)28-23-15-11-9-13-21(23)26(4,5)6/h8-17H,1-7H3. The molecule has 0 saturated heterocycles. The van der Waals surface area contributed by atoms with Gasteiger partial charge in [0.25, 0.3) is 0 Å². The van der Waals surface area contributed by atoms with Gasteiger partial charge in [-0.3, -0.25) is 9.98 Å². The molecule has 3 heteroatoms. The topological polar surface area (TPSA) is 29.6 Å². The average molecular weight is 386 g/mol. The maximum Gasteiger partial charge on any atom is 0.0671 e. The molecular weight excluding hydrogens is 354 g/mol. The van der Waals surface area contributed by atoms with E-state index in [1.165, 1.54) is 11.1 Å². The van der Waals surface area contributed by atoms with Gasteiger partial charge in [-0.25, -0.2) is 0 Å². The van der Waals surface area contributed by atoms with E-state index in [0.717, 1.165) is 34.2 Å². The Morgan fingerprint density at radius 3 is 1.76 bits per heavy atom. The molecule has 0 aliphatic carbocycles. The van der Waals surface area contributed by atoms with Gasteiger partial charge in [-0.15, -0.1) is 0 Å². The zero-order valence-corrected chi connectivity index (χ0v) is 18.6. The summed E-state index contributed by atoms with van der Waals surface area (Å²) in [4.78, 5) is 9.83. The molecule has 0 radical (unpaired) electrons. The first-order valence-electron chi connectivity index (χ1n) is 10.1. The molecule has 29 heavy (non-hydrogen) atoms. The molecule has 3 rings (SSSR count). The first-order valence-corrected chi connectivity index (χ1v) is 10.1. The number of hydrogen-bond donors (Lipinski definition) is 0. The van der Waals surface area contributed by atoms with Crippen molar-refractivity contribution >= 4 is 22.8 Å². The summed E-state index contributed by atoms with van der Waals surface area (Å²) in [6, 6.07) is 20.9. The Balaban J connectivity index is 1.98. The molecule has 0 aliphatic rings. The van der Waals surface area contributed by atoms with Gasteiger partial charge in [-0.1, -0.05) is 57.2 Å². The maximum atomic E-state index is 4.98. The van der Waals surface area contributed by atoms with Gasteiger partial charge in [0.1, 0.15) is 0 Å². The third kappa shape index (κ3) is 4.56. The number of hydrogen-bond acceptors (Lipinski definition) is 2. The van der Waals surface area contributed by atoms with E-state index in [9.17, 15) is 0 Å². The predicted octanol–water partition coefficient (Wildman–Crippen LogP) is 6.91. The number of rotatable bonds is 4. The molecule has 0 aliphatic heterocycles. The Morgan fingerprint density at radius 2 is 1.21 bits per heavy atom. The Labute approximate surface area is 174 Å². The lowest BCUT2D eigenvalue weighted by molar-refractivity contribution is 0.591. The highest BCUT2D eigenvalue weighted by atomic mass is 15.0. The molecular formula is C26H31N3. The summed E-state index contributed by atoms with van der Waals surface area (Å²) in [6.07, 6.45) is 0. The van der Waals surface area contributed by atoms with Crippen molar-refractivity contribution in [2.75, 3.05) is 0 Å². The van der Waals surface area contributed by atoms with Gasteiger partial charge >= 0.3 is 0 Å². The molecule has 0 N–H and O–H groups in total. The fourth-order valence-corrected chi connectivity index (χ4v) is 3.61. The summed E-state index contributed by atoms with van der Waals surface area (Å²) in [7, 11) is 2.08. The molecule has 3 aromatic rings. The first-order chi connectivity index (χ1) is 13.7. The maximum absolute atomic E-state index is 4.98. The van der Waals surface area contributed by atoms with Gasteiger partial charge in [0.2, 0.25) is 0 Å². The minimum Gasteiger partial charge on any atom is -0.342 e. The van der Waals surface area contributed by atoms with Crippen molar-refractivity contribution in [3.63, 3.8) is 0 Å². The van der Waals surface area contributed by atoms with Gasteiger partial charge in [-0.2, -0.15) is 0 Å². The third-order valence-electron chi connectivity index (χ3n) is 5.27. The highest BCUT2D eigenvalue weighted by Gasteiger charge is 2.18. The Morgan fingerprint density at radius 1 is 0.724 bits per heavy atom. The predicted molar refractivity (Wildman–Crippen MR) is 125 cm³/mol. The minimum atomic E-state index is 0.0521. The van der Waals surface area contributed by atoms with Crippen molar-refractivity contribution in [3.8, 4) is 0 Å². The molecule has 150 valence electrons. The van der Waals surface area contributed by atoms with Gasteiger partial charge in [0, 0.05) is 7.05 Å². The summed E-state index contributed by atoms with van der Waals surface area (Å²) in [6.45, 7) is 12.9. The van der Waals surface area contributed by atoms with Crippen LogP contribution in [0.25, 0.3) is 0 Å². The van der Waals surface area contributed by atoms with Gasteiger partial charge < -0.3 is 4.57 Å². The van der Waals surface area contributed by atoms with Crippen LogP contribution in [-0.4, -0.2) is 16.0 Å². The number of aryl methyl sites for hydroxylation is 1. The Kier molecular flexibility index (Phi) is 5.88. The summed E-state index contributed by atoms with van der Waals surface area (Å²) in [5, 5.41) is 0. The quantitative estimate of drug-likeness (QED) is 0.437. The van der Waals surface area contributed by atoms with Crippen molar-refractivity contribution in [1.29, 1.82) is 0 Å². The molecule has 0 bridgehead atoms. The highest BCUT2D eigenvalue weighted by molar-refractivity contribution is 6.04. The van der Waals surface area contributed by atoms with Crippen molar-refractivity contribution in [2.45, 2.75) is 47.0 Å². The first kappa shape index (κ1) is 20.8. The molecule has 0 spiro atoms. The van der Waals surface area contributed by atoms with Crippen molar-refractivity contribution in [3.05, 3.63) is 83.2 Å². The van der Waals surface area contributed by atoms with E-state index < -0.39 is 0 Å². The van der Waals surface area contributed by atoms with Crippen LogP contribution in [0.2, 0.25) is 0 Å². The summed E-state index contributed by atoms with van der Waals surface area (Å²) in [5.41, 5.74) is 8.73. The summed E-state index contributed by atoms with van der Waals surface area (Å²) < 4.78 is 2.18. The zero-order chi connectivity index (χ0) is 21.2. The second-order valence-corrected chi connectivity index (χ2v) is 8.61. The minimum absolute atomic E-state index is 0.0521. The van der Waals surface area contributed by atoms with E-state index >= 15 is 0 Å². The van der Waals surface area contributed by atoms with Crippen LogP contribution in [0.4, 0.5) is 11.4 Å². The van der Waals surface area contributed by atoms with E-state index in [-0.39, 0.29) is 5.41 Å². The lowest BCUT2D eigenvalue weighted by Crippen LogP contribution is -2.12.